The zero-order chi connectivity index (χ0) is 14.9. The third-order valence-electron chi connectivity index (χ3n) is 2.41. The summed E-state index contributed by atoms with van der Waals surface area (Å²) in [6, 6.07) is 9.28. The second-order valence-corrected chi connectivity index (χ2v) is 3.95. The van der Waals surface area contributed by atoms with Crippen LogP contribution in [0, 0.1) is 0 Å². The van der Waals surface area contributed by atoms with Gasteiger partial charge in [-0.3, -0.25) is 0 Å². The fourth-order valence-electron chi connectivity index (χ4n) is 1.66. The molecule has 1 aromatic rings. The van der Waals surface area contributed by atoms with Crippen molar-refractivity contribution >= 4 is 0 Å². The second kappa shape index (κ2) is 8.59. The Bertz CT molecular complexity index is 403. The predicted molar refractivity (Wildman–Crippen MR) is 76.4 cm³/mol. The van der Waals surface area contributed by atoms with Gasteiger partial charge in [0.1, 0.15) is 0 Å². The highest BCUT2D eigenvalue weighted by Crippen LogP contribution is 2.30. The topological polar surface area (TPSA) is 20.2 Å². The van der Waals surface area contributed by atoms with Crippen molar-refractivity contribution in [1.82, 2.24) is 0 Å². The Morgan fingerprint density at radius 2 is 1.79 bits per heavy atom. The Morgan fingerprint density at radius 3 is 2.21 bits per heavy atom. The lowest BCUT2D eigenvalue weighted by Gasteiger charge is -2.17. The van der Waals surface area contributed by atoms with Crippen molar-refractivity contribution in [1.29, 1.82) is 0 Å². The molecule has 0 saturated heterocycles. The summed E-state index contributed by atoms with van der Waals surface area (Å²) in [5.74, 6) is -2.98. The molecule has 0 saturated carbocycles. The molecule has 1 aromatic carbocycles. The van der Waals surface area contributed by atoms with Crippen molar-refractivity contribution in [3.8, 4) is 0 Å². The van der Waals surface area contributed by atoms with E-state index in [0.717, 1.165) is 18.6 Å². The van der Waals surface area contributed by atoms with Gasteiger partial charge in [-0.2, -0.15) is 0 Å². The maximum Gasteiger partial charge on any atom is 0.270 e. The third-order valence-corrected chi connectivity index (χ3v) is 2.41. The van der Waals surface area contributed by atoms with Gasteiger partial charge in [0.2, 0.25) is 0 Å². The molecule has 0 aliphatic rings. The Morgan fingerprint density at radius 1 is 1.26 bits per heavy atom. The lowest BCUT2D eigenvalue weighted by molar-refractivity contribution is 0.0648. The van der Waals surface area contributed by atoms with Crippen LogP contribution in [0.2, 0.25) is 0 Å². The molecule has 0 heterocycles. The molecule has 1 N–H and O–H groups in total. The van der Waals surface area contributed by atoms with Gasteiger partial charge in [-0.25, -0.2) is 8.78 Å². The predicted octanol–water partition coefficient (Wildman–Crippen LogP) is 4.39. The van der Waals surface area contributed by atoms with Gasteiger partial charge in [0.15, 0.2) is 0 Å². The minimum absolute atomic E-state index is 0.191. The summed E-state index contributed by atoms with van der Waals surface area (Å²) in [6.07, 6.45) is 1.47. The van der Waals surface area contributed by atoms with Crippen LogP contribution < -0.4 is 0 Å². The molecule has 106 valence electrons. The largest absolute Gasteiger partial charge is 0.392 e. The van der Waals surface area contributed by atoms with E-state index in [4.69, 9.17) is 5.11 Å². The number of rotatable bonds is 5. The number of halogens is 2. The van der Waals surface area contributed by atoms with Gasteiger partial charge < -0.3 is 5.11 Å². The van der Waals surface area contributed by atoms with E-state index in [2.05, 4.69) is 6.58 Å². The molecule has 0 fully saturated rings. The number of aliphatic hydroxyl groups excluding tert-OH is 1. The Labute approximate surface area is 114 Å². The number of hydrogen-bond donors (Lipinski definition) is 1. The van der Waals surface area contributed by atoms with Gasteiger partial charge >= 0.3 is 0 Å². The first-order valence-corrected chi connectivity index (χ1v) is 6.36. The molecule has 1 rings (SSSR count). The van der Waals surface area contributed by atoms with Crippen LogP contribution in [0.3, 0.4) is 0 Å². The summed E-state index contributed by atoms with van der Waals surface area (Å²) in [6.45, 7) is 8.08. The molecule has 19 heavy (non-hydrogen) atoms. The summed E-state index contributed by atoms with van der Waals surface area (Å²) in [4.78, 5) is 0. The molecule has 0 unspecified atom stereocenters. The van der Waals surface area contributed by atoms with Crippen molar-refractivity contribution < 1.29 is 13.9 Å². The first-order chi connectivity index (χ1) is 8.95. The van der Waals surface area contributed by atoms with Crippen LogP contribution in [0.4, 0.5) is 8.78 Å². The summed E-state index contributed by atoms with van der Waals surface area (Å²) in [5, 5.41) is 8.76. The summed E-state index contributed by atoms with van der Waals surface area (Å²) >= 11 is 0. The molecule has 0 spiro atoms. The van der Waals surface area contributed by atoms with Crippen molar-refractivity contribution in [2.75, 3.05) is 6.61 Å². The quantitative estimate of drug-likeness (QED) is 0.785. The molecule has 1 nitrogen and oxygen atoms in total. The Hall–Kier alpha value is -1.48. The van der Waals surface area contributed by atoms with Crippen LogP contribution in [0.1, 0.15) is 26.3 Å². The molecule has 0 bridgehead atoms. The van der Waals surface area contributed by atoms with Gasteiger partial charge in [-0.15, -0.1) is 0 Å². The summed E-state index contributed by atoms with van der Waals surface area (Å²) < 4.78 is 26.6. The minimum atomic E-state index is -2.98. The van der Waals surface area contributed by atoms with Gasteiger partial charge in [-0.05, 0) is 23.6 Å². The van der Waals surface area contributed by atoms with Crippen LogP contribution in [-0.2, 0) is 6.42 Å². The standard InChI is InChI=1S/C14H16F2O.C2H6/c1-11(10-12-6-4-3-5-7-12)13(8-9-17)14(2,15)16;1-2/h3-8,17H,1,9-10H2,2H3;1-2H3/b13-8+;. The van der Waals surface area contributed by atoms with Crippen LogP contribution in [0.15, 0.2) is 54.1 Å². The number of aliphatic hydroxyl groups is 1. The molecule has 0 radical (unpaired) electrons. The molecule has 0 aliphatic carbocycles. The summed E-state index contributed by atoms with van der Waals surface area (Å²) in [7, 11) is 0. The van der Waals surface area contributed by atoms with E-state index in [9.17, 15) is 8.78 Å². The van der Waals surface area contributed by atoms with Crippen molar-refractivity contribution in [3.05, 3.63) is 59.7 Å². The van der Waals surface area contributed by atoms with Gasteiger partial charge in [0, 0.05) is 12.5 Å². The molecule has 0 aromatic heterocycles. The zero-order valence-electron chi connectivity index (χ0n) is 11.8. The van der Waals surface area contributed by atoms with Gasteiger partial charge in [0.05, 0.1) is 6.61 Å². The average Bonchev–Trinajstić information content (AvgIpc) is 2.38. The second-order valence-electron chi connectivity index (χ2n) is 3.95. The van der Waals surface area contributed by atoms with E-state index < -0.39 is 12.5 Å². The number of allylic oxidation sites excluding steroid dienone is 2. The van der Waals surface area contributed by atoms with E-state index in [1.807, 2.05) is 44.2 Å². The van der Waals surface area contributed by atoms with E-state index in [1.165, 1.54) is 0 Å². The molecule has 0 atom stereocenters. The van der Waals surface area contributed by atoms with Crippen molar-refractivity contribution in [2.45, 2.75) is 33.1 Å². The number of benzene rings is 1. The van der Waals surface area contributed by atoms with Crippen LogP contribution in [-0.4, -0.2) is 17.6 Å². The minimum Gasteiger partial charge on any atom is -0.392 e. The van der Waals surface area contributed by atoms with Crippen LogP contribution in [0.5, 0.6) is 0 Å². The van der Waals surface area contributed by atoms with Gasteiger partial charge in [0.25, 0.3) is 5.92 Å². The van der Waals surface area contributed by atoms with E-state index in [-0.39, 0.29) is 5.57 Å². The first-order valence-electron chi connectivity index (χ1n) is 6.36. The molecule has 0 aliphatic heterocycles. The average molecular weight is 268 g/mol. The maximum absolute atomic E-state index is 13.3. The van der Waals surface area contributed by atoms with E-state index in [0.29, 0.717) is 12.0 Å². The third kappa shape index (κ3) is 6.30. The Balaban J connectivity index is 0.00000154. The molecular formula is C16H22F2O. The molecule has 3 heteroatoms. The maximum atomic E-state index is 13.3. The van der Waals surface area contributed by atoms with E-state index in [1.54, 1.807) is 0 Å². The van der Waals surface area contributed by atoms with E-state index >= 15 is 0 Å². The van der Waals surface area contributed by atoms with Crippen LogP contribution >= 0.6 is 0 Å². The Kier molecular flexibility index (Phi) is 7.92. The van der Waals surface area contributed by atoms with Crippen molar-refractivity contribution in [3.63, 3.8) is 0 Å². The number of hydrogen-bond acceptors (Lipinski definition) is 1. The highest BCUT2D eigenvalue weighted by Gasteiger charge is 2.28. The highest BCUT2D eigenvalue weighted by atomic mass is 19.3. The number of alkyl halides is 2. The van der Waals surface area contributed by atoms with Crippen LogP contribution in [0.25, 0.3) is 0 Å². The zero-order valence-corrected chi connectivity index (χ0v) is 11.8. The fourth-order valence-corrected chi connectivity index (χ4v) is 1.66. The lowest BCUT2D eigenvalue weighted by atomic mass is 9.95. The van der Waals surface area contributed by atoms with Gasteiger partial charge in [-0.1, -0.05) is 50.8 Å². The SMILES string of the molecule is C=C(Cc1ccccc1)/C(=C\CO)C(C)(F)F.CC. The summed E-state index contributed by atoms with van der Waals surface area (Å²) in [5.41, 5.74) is 1.06. The normalized spacial score (nSPS) is 11.6. The lowest BCUT2D eigenvalue weighted by Crippen LogP contribution is -2.17. The van der Waals surface area contributed by atoms with Crippen molar-refractivity contribution in [2.24, 2.45) is 0 Å². The molecular weight excluding hydrogens is 246 g/mol. The molecule has 0 amide bonds. The first kappa shape index (κ1) is 17.5. The highest BCUT2D eigenvalue weighted by molar-refractivity contribution is 5.37. The fraction of sp³-hybridized carbons (Fsp3) is 0.375. The smallest absolute Gasteiger partial charge is 0.270 e. The monoisotopic (exact) mass is 268 g/mol.